The summed E-state index contributed by atoms with van der Waals surface area (Å²) in [5.74, 6) is -1.12. The summed E-state index contributed by atoms with van der Waals surface area (Å²) >= 11 is 0. The van der Waals surface area contributed by atoms with E-state index in [9.17, 15) is 27.9 Å². The first-order valence-corrected chi connectivity index (χ1v) is 10.2. The van der Waals surface area contributed by atoms with Crippen molar-refractivity contribution in [3.05, 3.63) is 71.3 Å². The number of hydrogen-bond donors (Lipinski definition) is 2. The number of alkyl halides is 3. The zero-order valence-corrected chi connectivity index (χ0v) is 16.7. The zero-order chi connectivity index (χ0) is 22.2. The summed E-state index contributed by atoms with van der Waals surface area (Å²) in [7, 11) is 0. The number of carboxylic acid groups (broad SMARTS) is 1. The topological polar surface area (TPSA) is 69.6 Å². The molecule has 1 unspecified atom stereocenters. The normalized spacial score (nSPS) is 24.0. The highest BCUT2D eigenvalue weighted by Crippen LogP contribution is 2.48. The highest BCUT2D eigenvalue weighted by molar-refractivity contribution is 5.83. The highest BCUT2D eigenvalue weighted by atomic mass is 19.4. The number of nitrogens with zero attached hydrogens (tertiary/aromatic N) is 1. The number of nitrogens with one attached hydrogen (secondary N) is 1. The molecule has 0 radical (unpaired) electrons. The minimum Gasteiger partial charge on any atom is -0.479 e. The van der Waals surface area contributed by atoms with Crippen molar-refractivity contribution in [3.8, 4) is 0 Å². The SMILES string of the molecule is O=C(O)[C@H](NC(=O)N1C[C@H]2CC(c3ccccc3C(F)(F)F)C[C@H]2C1)c1ccccc1. The standard InChI is InChI=1S/C23H23F3N2O3/c24-23(25,26)19-9-5-4-8-18(19)15-10-16-12-28(13-17(16)11-15)22(31)27-20(21(29)30)14-6-2-1-3-7-14/h1-9,15-17,20H,10-13H2,(H,27,31)(H,29,30)/t15?,16-,17+,20-/m1/s1. The average molecular weight is 432 g/mol. The van der Waals surface area contributed by atoms with Crippen molar-refractivity contribution in [2.24, 2.45) is 11.8 Å². The lowest BCUT2D eigenvalue weighted by molar-refractivity contribution is -0.140. The van der Waals surface area contributed by atoms with E-state index >= 15 is 0 Å². The number of carbonyl (C=O) groups is 2. The zero-order valence-electron chi connectivity index (χ0n) is 16.7. The van der Waals surface area contributed by atoms with E-state index in [0.29, 0.717) is 37.1 Å². The lowest BCUT2D eigenvalue weighted by atomic mass is 9.91. The number of hydrogen-bond acceptors (Lipinski definition) is 2. The van der Waals surface area contributed by atoms with Crippen LogP contribution in [0, 0.1) is 11.8 Å². The smallest absolute Gasteiger partial charge is 0.416 e. The molecule has 2 N–H and O–H groups in total. The maximum Gasteiger partial charge on any atom is 0.416 e. The fraction of sp³-hybridized carbons (Fsp3) is 0.391. The summed E-state index contributed by atoms with van der Waals surface area (Å²) in [6.07, 6.45) is -3.21. The third-order valence-electron chi connectivity index (χ3n) is 6.39. The van der Waals surface area contributed by atoms with Crippen LogP contribution in [0.25, 0.3) is 0 Å². The molecule has 0 spiro atoms. The van der Waals surface area contributed by atoms with E-state index in [1.807, 2.05) is 0 Å². The van der Waals surface area contributed by atoms with Gasteiger partial charge in [0.25, 0.3) is 0 Å². The van der Waals surface area contributed by atoms with Crippen molar-refractivity contribution in [2.75, 3.05) is 13.1 Å². The number of halogens is 3. The second kappa shape index (κ2) is 8.24. The van der Waals surface area contributed by atoms with E-state index < -0.39 is 29.8 Å². The van der Waals surface area contributed by atoms with Gasteiger partial charge in [-0.2, -0.15) is 13.2 Å². The molecule has 2 aliphatic rings. The summed E-state index contributed by atoms with van der Waals surface area (Å²) in [6, 6.07) is 12.6. The third kappa shape index (κ3) is 4.38. The van der Waals surface area contributed by atoms with Crippen molar-refractivity contribution in [1.82, 2.24) is 10.2 Å². The van der Waals surface area contributed by atoms with Gasteiger partial charge in [0, 0.05) is 13.1 Å². The Kier molecular flexibility index (Phi) is 5.64. The summed E-state index contributed by atoms with van der Waals surface area (Å²) in [6.45, 7) is 0.838. The van der Waals surface area contributed by atoms with Crippen LogP contribution >= 0.6 is 0 Å². The number of fused-ring (bicyclic) bond motifs is 1. The monoisotopic (exact) mass is 432 g/mol. The van der Waals surface area contributed by atoms with Crippen molar-refractivity contribution in [3.63, 3.8) is 0 Å². The largest absolute Gasteiger partial charge is 0.479 e. The molecule has 2 fully saturated rings. The number of carboxylic acids is 1. The first-order valence-electron chi connectivity index (χ1n) is 10.2. The van der Waals surface area contributed by atoms with Gasteiger partial charge in [-0.1, -0.05) is 48.5 Å². The number of aliphatic carboxylic acids is 1. The van der Waals surface area contributed by atoms with Gasteiger partial charge in [0.15, 0.2) is 6.04 Å². The molecule has 4 atom stereocenters. The Bertz CT molecular complexity index is 950. The fourth-order valence-corrected chi connectivity index (χ4v) is 4.98. The van der Waals surface area contributed by atoms with Crippen LogP contribution in [0.15, 0.2) is 54.6 Å². The lowest BCUT2D eigenvalue weighted by Gasteiger charge is -2.23. The predicted octanol–water partition coefficient (Wildman–Crippen LogP) is 4.67. The van der Waals surface area contributed by atoms with Gasteiger partial charge >= 0.3 is 18.2 Å². The first-order chi connectivity index (χ1) is 14.7. The lowest BCUT2D eigenvalue weighted by Crippen LogP contribution is -2.43. The number of likely N-dealkylation sites (tertiary alicyclic amines) is 1. The third-order valence-corrected chi connectivity index (χ3v) is 6.39. The van der Waals surface area contributed by atoms with Crippen LogP contribution in [0.4, 0.5) is 18.0 Å². The molecule has 31 heavy (non-hydrogen) atoms. The van der Waals surface area contributed by atoms with E-state index in [1.165, 1.54) is 6.07 Å². The van der Waals surface area contributed by atoms with Crippen LogP contribution in [0.1, 0.15) is 41.5 Å². The summed E-state index contributed by atoms with van der Waals surface area (Å²) in [4.78, 5) is 25.9. The van der Waals surface area contributed by atoms with Crippen molar-refractivity contribution >= 4 is 12.0 Å². The molecule has 4 rings (SSSR count). The molecule has 0 aromatic heterocycles. The summed E-state index contributed by atoms with van der Waals surface area (Å²) < 4.78 is 40.1. The van der Waals surface area contributed by atoms with E-state index in [0.717, 1.165) is 6.07 Å². The first kappa shape index (κ1) is 21.2. The Balaban J connectivity index is 1.41. The predicted molar refractivity (Wildman–Crippen MR) is 107 cm³/mol. The van der Waals surface area contributed by atoms with Crippen LogP contribution in [0.2, 0.25) is 0 Å². The van der Waals surface area contributed by atoms with Gasteiger partial charge < -0.3 is 15.3 Å². The molecule has 1 aliphatic heterocycles. The van der Waals surface area contributed by atoms with Gasteiger partial charge in [-0.25, -0.2) is 9.59 Å². The number of benzene rings is 2. The second-order valence-corrected chi connectivity index (χ2v) is 8.31. The van der Waals surface area contributed by atoms with Gasteiger partial charge in [-0.05, 0) is 47.8 Å². The maximum atomic E-state index is 13.4. The number of rotatable bonds is 4. The molecule has 2 aromatic carbocycles. The number of urea groups is 1. The van der Waals surface area contributed by atoms with Gasteiger partial charge in [0.2, 0.25) is 0 Å². The molecule has 2 aromatic rings. The van der Waals surface area contributed by atoms with Crippen LogP contribution in [-0.2, 0) is 11.0 Å². The number of carbonyl (C=O) groups excluding carboxylic acids is 1. The van der Waals surface area contributed by atoms with Crippen molar-refractivity contribution in [1.29, 1.82) is 0 Å². The quantitative estimate of drug-likeness (QED) is 0.738. The summed E-state index contributed by atoms with van der Waals surface area (Å²) in [5.41, 5.74) is 0.226. The van der Waals surface area contributed by atoms with E-state index in [-0.39, 0.29) is 17.8 Å². The Labute approximate surface area is 177 Å². The second-order valence-electron chi connectivity index (χ2n) is 8.31. The van der Waals surface area contributed by atoms with E-state index in [1.54, 1.807) is 47.4 Å². The highest BCUT2D eigenvalue weighted by Gasteiger charge is 2.45. The van der Waals surface area contributed by atoms with Gasteiger partial charge in [0.05, 0.1) is 5.56 Å². The van der Waals surface area contributed by atoms with E-state index in [2.05, 4.69) is 5.32 Å². The van der Waals surface area contributed by atoms with Crippen molar-refractivity contribution < 1.29 is 27.9 Å². The van der Waals surface area contributed by atoms with Crippen molar-refractivity contribution in [2.45, 2.75) is 31.0 Å². The summed E-state index contributed by atoms with van der Waals surface area (Å²) in [5, 5.41) is 12.1. The van der Waals surface area contributed by atoms with Crippen LogP contribution in [0.5, 0.6) is 0 Å². The molecular weight excluding hydrogens is 409 g/mol. The average Bonchev–Trinajstić information content (AvgIpc) is 3.31. The molecule has 5 nitrogen and oxygen atoms in total. The molecule has 1 saturated carbocycles. The Morgan fingerprint density at radius 2 is 1.55 bits per heavy atom. The molecule has 1 aliphatic carbocycles. The molecule has 1 heterocycles. The molecule has 8 heteroatoms. The fourth-order valence-electron chi connectivity index (χ4n) is 4.98. The van der Waals surface area contributed by atoms with Gasteiger partial charge in [-0.3, -0.25) is 0 Å². The Morgan fingerprint density at radius 3 is 2.13 bits per heavy atom. The van der Waals surface area contributed by atoms with Crippen LogP contribution < -0.4 is 5.32 Å². The van der Waals surface area contributed by atoms with Crippen LogP contribution in [-0.4, -0.2) is 35.1 Å². The molecule has 2 amide bonds. The number of amides is 2. The van der Waals surface area contributed by atoms with Gasteiger partial charge in [-0.15, -0.1) is 0 Å². The van der Waals surface area contributed by atoms with Gasteiger partial charge in [0.1, 0.15) is 0 Å². The minimum atomic E-state index is -4.39. The van der Waals surface area contributed by atoms with Crippen LogP contribution in [0.3, 0.4) is 0 Å². The minimum absolute atomic E-state index is 0.108. The maximum absolute atomic E-state index is 13.4. The Hall–Kier alpha value is -3.03. The Morgan fingerprint density at radius 1 is 0.968 bits per heavy atom. The molecule has 164 valence electrons. The molecule has 0 bridgehead atoms. The molecule has 1 saturated heterocycles. The molecular formula is C23H23F3N2O3. The van der Waals surface area contributed by atoms with E-state index in [4.69, 9.17) is 0 Å².